The van der Waals surface area contributed by atoms with Gasteiger partial charge in [-0.3, -0.25) is 0 Å². The number of hydrogen-bond acceptors (Lipinski definition) is 3. The quantitative estimate of drug-likeness (QED) is 0.783. The fourth-order valence-corrected chi connectivity index (χ4v) is 2.18. The normalized spacial score (nSPS) is 16.0. The van der Waals surface area contributed by atoms with E-state index in [-0.39, 0.29) is 0 Å². The molecule has 0 N–H and O–H groups in total. The van der Waals surface area contributed by atoms with Gasteiger partial charge in [-0.15, -0.1) is 0 Å². The van der Waals surface area contributed by atoms with Gasteiger partial charge in [-0.05, 0) is 31.4 Å². The summed E-state index contributed by atoms with van der Waals surface area (Å²) in [7, 11) is 3.41. The summed E-state index contributed by atoms with van der Waals surface area (Å²) >= 11 is 0. The second kappa shape index (κ2) is 5.10. The molecule has 3 nitrogen and oxygen atoms in total. The maximum absolute atomic E-state index is 5.40. The molecule has 16 heavy (non-hydrogen) atoms. The van der Waals surface area contributed by atoms with Crippen LogP contribution >= 0.6 is 0 Å². The van der Waals surface area contributed by atoms with E-state index < -0.39 is 0 Å². The summed E-state index contributed by atoms with van der Waals surface area (Å²) < 4.78 is 10.7. The number of hydrogen-bond donors (Lipinski definition) is 0. The smallest absolute Gasteiger partial charge is 0.142 e. The molecule has 0 atom stereocenters. The van der Waals surface area contributed by atoms with Crippen molar-refractivity contribution in [1.29, 1.82) is 0 Å². The number of piperidine rings is 1. The summed E-state index contributed by atoms with van der Waals surface area (Å²) in [5.41, 5.74) is 1.15. The van der Waals surface area contributed by atoms with Gasteiger partial charge in [-0.25, -0.2) is 0 Å². The van der Waals surface area contributed by atoms with Crippen LogP contribution in [-0.4, -0.2) is 27.3 Å². The Morgan fingerprint density at radius 1 is 1.00 bits per heavy atom. The first kappa shape index (κ1) is 11.1. The van der Waals surface area contributed by atoms with Gasteiger partial charge in [0.25, 0.3) is 0 Å². The van der Waals surface area contributed by atoms with Crippen molar-refractivity contribution in [3.05, 3.63) is 18.2 Å². The highest BCUT2D eigenvalue weighted by atomic mass is 16.5. The third-order valence-corrected chi connectivity index (χ3v) is 3.08. The summed E-state index contributed by atoms with van der Waals surface area (Å²) in [6, 6.07) is 5.97. The van der Waals surface area contributed by atoms with Crippen LogP contribution in [0.5, 0.6) is 11.5 Å². The van der Waals surface area contributed by atoms with Crippen LogP contribution in [0.2, 0.25) is 0 Å². The lowest BCUT2D eigenvalue weighted by molar-refractivity contribution is 0.401. The number of benzene rings is 1. The minimum absolute atomic E-state index is 0.890. The monoisotopic (exact) mass is 221 g/mol. The van der Waals surface area contributed by atoms with Crippen molar-refractivity contribution in [3.63, 3.8) is 0 Å². The molecule has 1 heterocycles. The van der Waals surface area contributed by atoms with Crippen LogP contribution in [0.4, 0.5) is 5.69 Å². The fraction of sp³-hybridized carbons (Fsp3) is 0.538. The lowest BCUT2D eigenvalue weighted by Crippen LogP contribution is -2.29. The zero-order valence-corrected chi connectivity index (χ0v) is 10.0. The molecule has 1 aromatic carbocycles. The standard InChI is InChI=1S/C13H19NO2/c1-15-11-6-7-13(16-2)12(10-11)14-8-4-3-5-9-14/h6-7,10H,3-5,8-9H2,1-2H3. The second-order valence-corrected chi connectivity index (χ2v) is 4.09. The Hall–Kier alpha value is -1.38. The Morgan fingerprint density at radius 3 is 2.38 bits per heavy atom. The van der Waals surface area contributed by atoms with E-state index in [1.165, 1.54) is 19.3 Å². The van der Waals surface area contributed by atoms with E-state index >= 15 is 0 Å². The molecule has 1 fully saturated rings. The van der Waals surface area contributed by atoms with Crippen LogP contribution in [0.3, 0.4) is 0 Å². The van der Waals surface area contributed by atoms with Crippen LogP contribution in [0, 0.1) is 0 Å². The van der Waals surface area contributed by atoms with Gasteiger partial charge in [0.05, 0.1) is 19.9 Å². The molecule has 0 radical (unpaired) electrons. The fourth-order valence-electron chi connectivity index (χ4n) is 2.18. The first-order valence-corrected chi connectivity index (χ1v) is 5.82. The van der Waals surface area contributed by atoms with Crippen LogP contribution in [0.25, 0.3) is 0 Å². The van der Waals surface area contributed by atoms with Gasteiger partial charge in [-0.2, -0.15) is 0 Å². The lowest BCUT2D eigenvalue weighted by Gasteiger charge is -2.30. The number of anilines is 1. The molecule has 0 bridgehead atoms. The molecule has 1 aromatic rings. The van der Waals surface area contributed by atoms with Crippen molar-refractivity contribution in [1.82, 2.24) is 0 Å². The number of rotatable bonds is 3. The average molecular weight is 221 g/mol. The molecule has 0 saturated carbocycles. The average Bonchev–Trinajstić information content (AvgIpc) is 2.39. The Kier molecular flexibility index (Phi) is 3.54. The molecule has 1 aliphatic heterocycles. The zero-order chi connectivity index (χ0) is 11.4. The minimum Gasteiger partial charge on any atom is -0.497 e. The van der Waals surface area contributed by atoms with Gasteiger partial charge in [0.1, 0.15) is 11.5 Å². The molecule has 0 spiro atoms. The molecule has 0 aliphatic carbocycles. The molecule has 88 valence electrons. The Balaban J connectivity index is 2.27. The Labute approximate surface area is 97.0 Å². The summed E-state index contributed by atoms with van der Waals surface area (Å²) in [6.07, 6.45) is 3.86. The second-order valence-electron chi connectivity index (χ2n) is 4.09. The first-order valence-electron chi connectivity index (χ1n) is 5.82. The predicted octanol–water partition coefficient (Wildman–Crippen LogP) is 2.69. The topological polar surface area (TPSA) is 21.7 Å². The van der Waals surface area contributed by atoms with Crippen LogP contribution in [0.1, 0.15) is 19.3 Å². The van der Waals surface area contributed by atoms with Gasteiger partial charge in [-0.1, -0.05) is 0 Å². The molecule has 0 aromatic heterocycles. The molecule has 0 unspecified atom stereocenters. The summed E-state index contributed by atoms with van der Waals surface area (Å²) in [6.45, 7) is 2.23. The van der Waals surface area contributed by atoms with E-state index in [0.717, 1.165) is 30.3 Å². The maximum Gasteiger partial charge on any atom is 0.142 e. The highest BCUT2D eigenvalue weighted by Gasteiger charge is 2.15. The lowest BCUT2D eigenvalue weighted by atomic mass is 10.1. The predicted molar refractivity (Wildman–Crippen MR) is 65.6 cm³/mol. The first-order chi connectivity index (χ1) is 7.85. The minimum atomic E-state index is 0.890. The highest BCUT2D eigenvalue weighted by molar-refractivity contribution is 5.61. The van der Waals surface area contributed by atoms with Crippen molar-refractivity contribution in [2.75, 3.05) is 32.2 Å². The summed E-state index contributed by atoms with van der Waals surface area (Å²) in [5.74, 6) is 1.82. The van der Waals surface area contributed by atoms with E-state index in [9.17, 15) is 0 Å². The van der Waals surface area contributed by atoms with Crippen LogP contribution < -0.4 is 14.4 Å². The van der Waals surface area contributed by atoms with Crippen molar-refractivity contribution in [3.8, 4) is 11.5 Å². The number of methoxy groups -OCH3 is 2. The van der Waals surface area contributed by atoms with Crippen molar-refractivity contribution >= 4 is 5.69 Å². The SMILES string of the molecule is COc1ccc(OC)c(N2CCCCC2)c1. The van der Waals surface area contributed by atoms with Crippen molar-refractivity contribution in [2.45, 2.75) is 19.3 Å². The van der Waals surface area contributed by atoms with E-state index in [2.05, 4.69) is 11.0 Å². The van der Waals surface area contributed by atoms with Gasteiger partial charge >= 0.3 is 0 Å². The Morgan fingerprint density at radius 2 is 1.75 bits per heavy atom. The number of ether oxygens (including phenoxy) is 2. The maximum atomic E-state index is 5.40. The molecule has 0 amide bonds. The van der Waals surface area contributed by atoms with Gasteiger partial charge in [0.15, 0.2) is 0 Å². The van der Waals surface area contributed by atoms with E-state index in [0.29, 0.717) is 0 Å². The molecule has 1 aliphatic rings. The molecular formula is C13H19NO2. The van der Waals surface area contributed by atoms with E-state index in [4.69, 9.17) is 9.47 Å². The third-order valence-electron chi connectivity index (χ3n) is 3.08. The van der Waals surface area contributed by atoms with Crippen molar-refractivity contribution < 1.29 is 9.47 Å². The van der Waals surface area contributed by atoms with Gasteiger partial charge < -0.3 is 14.4 Å². The van der Waals surface area contributed by atoms with Crippen LogP contribution in [-0.2, 0) is 0 Å². The zero-order valence-electron chi connectivity index (χ0n) is 10.0. The summed E-state index contributed by atoms with van der Waals surface area (Å²) in [5, 5.41) is 0. The van der Waals surface area contributed by atoms with Gasteiger partial charge in [0.2, 0.25) is 0 Å². The number of nitrogens with zero attached hydrogens (tertiary/aromatic N) is 1. The third kappa shape index (κ3) is 2.23. The largest absolute Gasteiger partial charge is 0.497 e. The van der Waals surface area contributed by atoms with Crippen LogP contribution in [0.15, 0.2) is 18.2 Å². The molecule has 3 heteroatoms. The molecular weight excluding hydrogens is 202 g/mol. The highest BCUT2D eigenvalue weighted by Crippen LogP contribution is 2.33. The van der Waals surface area contributed by atoms with E-state index in [1.54, 1.807) is 14.2 Å². The summed E-state index contributed by atoms with van der Waals surface area (Å²) in [4.78, 5) is 2.38. The molecule has 1 saturated heterocycles. The Bertz CT molecular complexity index is 346. The van der Waals surface area contributed by atoms with Gasteiger partial charge in [0, 0.05) is 19.2 Å². The molecule has 2 rings (SSSR count). The van der Waals surface area contributed by atoms with E-state index in [1.807, 2.05) is 12.1 Å². The van der Waals surface area contributed by atoms with Crippen molar-refractivity contribution in [2.24, 2.45) is 0 Å².